The molecule has 2 aromatic carbocycles. The smallest absolute Gasteiger partial charge is 0.225 e. The van der Waals surface area contributed by atoms with Crippen LogP contribution in [0.25, 0.3) is 0 Å². The first-order valence-corrected chi connectivity index (χ1v) is 8.34. The molecule has 24 heavy (non-hydrogen) atoms. The minimum atomic E-state index is -0.0846. The molecule has 0 radical (unpaired) electrons. The molecular formula is C18H20Cl2N2O2. The van der Waals surface area contributed by atoms with Crippen molar-refractivity contribution in [2.75, 3.05) is 19.0 Å². The first-order chi connectivity index (χ1) is 11.5. The molecule has 0 unspecified atom stereocenters. The molecule has 0 atom stereocenters. The van der Waals surface area contributed by atoms with Crippen LogP contribution in [0, 0.1) is 6.92 Å². The molecule has 128 valence electrons. The topological polar surface area (TPSA) is 50.4 Å². The molecule has 0 bridgehead atoms. The number of methoxy groups -OCH3 is 1. The van der Waals surface area contributed by atoms with E-state index in [1.165, 1.54) is 0 Å². The van der Waals surface area contributed by atoms with Crippen molar-refractivity contribution in [1.82, 2.24) is 5.32 Å². The van der Waals surface area contributed by atoms with Gasteiger partial charge in [-0.2, -0.15) is 0 Å². The summed E-state index contributed by atoms with van der Waals surface area (Å²) in [5.74, 6) is 0.465. The molecule has 0 aliphatic heterocycles. The molecule has 2 N–H and O–H groups in total. The number of ether oxygens (including phenoxy) is 1. The van der Waals surface area contributed by atoms with Crippen molar-refractivity contribution >= 4 is 34.8 Å². The number of halogens is 2. The summed E-state index contributed by atoms with van der Waals surface area (Å²) in [6.07, 6.45) is 0.360. The van der Waals surface area contributed by atoms with Crippen molar-refractivity contribution in [1.29, 1.82) is 0 Å². The van der Waals surface area contributed by atoms with Crippen molar-refractivity contribution in [3.8, 4) is 5.75 Å². The monoisotopic (exact) mass is 366 g/mol. The van der Waals surface area contributed by atoms with Gasteiger partial charge in [0.25, 0.3) is 0 Å². The van der Waals surface area contributed by atoms with E-state index in [4.69, 9.17) is 27.9 Å². The summed E-state index contributed by atoms with van der Waals surface area (Å²) in [4.78, 5) is 12.1. The average molecular weight is 367 g/mol. The molecule has 0 aromatic heterocycles. The predicted molar refractivity (Wildman–Crippen MR) is 99.1 cm³/mol. The summed E-state index contributed by atoms with van der Waals surface area (Å²) >= 11 is 11.9. The summed E-state index contributed by atoms with van der Waals surface area (Å²) in [5.41, 5.74) is 2.63. The standard InChI is InChI=1S/C18H20Cl2N2O2/c1-12-9-16(17(24-2)10-15(12)20)22-18(23)7-8-21-11-13-3-5-14(19)6-4-13/h3-6,9-10,21H,7-8,11H2,1-2H3,(H,22,23). The van der Waals surface area contributed by atoms with E-state index in [-0.39, 0.29) is 5.91 Å². The van der Waals surface area contributed by atoms with Crippen molar-refractivity contribution < 1.29 is 9.53 Å². The lowest BCUT2D eigenvalue weighted by molar-refractivity contribution is -0.116. The molecule has 0 saturated heterocycles. The Morgan fingerprint density at radius 2 is 1.88 bits per heavy atom. The Hall–Kier alpha value is -1.75. The van der Waals surface area contributed by atoms with Crippen LogP contribution in [-0.2, 0) is 11.3 Å². The minimum Gasteiger partial charge on any atom is -0.495 e. The fourth-order valence-electron chi connectivity index (χ4n) is 2.18. The predicted octanol–water partition coefficient (Wildman–Crippen LogP) is 4.43. The number of carbonyl (C=O) groups excluding carboxylic acids is 1. The van der Waals surface area contributed by atoms with Gasteiger partial charge in [0, 0.05) is 35.6 Å². The molecule has 2 aromatic rings. The van der Waals surface area contributed by atoms with Crippen molar-refractivity contribution in [2.24, 2.45) is 0 Å². The maximum atomic E-state index is 12.1. The molecule has 1 amide bonds. The number of benzene rings is 2. The van der Waals surface area contributed by atoms with E-state index in [2.05, 4.69) is 10.6 Å². The van der Waals surface area contributed by atoms with Crippen LogP contribution in [-0.4, -0.2) is 19.6 Å². The van der Waals surface area contributed by atoms with Gasteiger partial charge in [-0.05, 0) is 36.2 Å². The zero-order valence-corrected chi connectivity index (χ0v) is 15.2. The third-order valence-electron chi connectivity index (χ3n) is 3.53. The first kappa shape index (κ1) is 18.6. The normalized spacial score (nSPS) is 10.5. The van der Waals surface area contributed by atoms with Gasteiger partial charge in [-0.3, -0.25) is 4.79 Å². The highest BCUT2D eigenvalue weighted by atomic mass is 35.5. The molecule has 4 nitrogen and oxygen atoms in total. The third-order valence-corrected chi connectivity index (χ3v) is 4.19. The van der Waals surface area contributed by atoms with Crippen LogP contribution >= 0.6 is 23.2 Å². The largest absolute Gasteiger partial charge is 0.495 e. The molecule has 0 aliphatic rings. The van der Waals surface area contributed by atoms with Gasteiger partial charge < -0.3 is 15.4 Å². The number of amides is 1. The second-order valence-electron chi connectivity index (χ2n) is 5.40. The van der Waals surface area contributed by atoms with Gasteiger partial charge in [0.05, 0.1) is 12.8 Å². The van der Waals surface area contributed by atoms with E-state index in [0.717, 1.165) is 11.1 Å². The Labute approximate surface area is 152 Å². The van der Waals surface area contributed by atoms with Crippen LogP contribution < -0.4 is 15.4 Å². The molecule has 0 heterocycles. The molecule has 6 heteroatoms. The van der Waals surface area contributed by atoms with E-state index in [0.29, 0.717) is 41.0 Å². The second kappa shape index (κ2) is 8.92. The number of rotatable bonds is 7. The maximum Gasteiger partial charge on any atom is 0.225 e. The molecule has 0 aliphatic carbocycles. The Kier molecular flexibility index (Phi) is 6.91. The average Bonchev–Trinajstić information content (AvgIpc) is 2.56. The Morgan fingerprint density at radius 3 is 2.54 bits per heavy atom. The van der Waals surface area contributed by atoms with Crippen molar-refractivity contribution in [3.63, 3.8) is 0 Å². The summed E-state index contributed by atoms with van der Waals surface area (Å²) in [7, 11) is 1.55. The van der Waals surface area contributed by atoms with E-state index in [1.807, 2.05) is 31.2 Å². The minimum absolute atomic E-state index is 0.0846. The number of aryl methyl sites for hydroxylation is 1. The first-order valence-electron chi connectivity index (χ1n) is 7.58. The lowest BCUT2D eigenvalue weighted by Gasteiger charge is -2.12. The second-order valence-corrected chi connectivity index (χ2v) is 6.25. The van der Waals surface area contributed by atoms with E-state index in [9.17, 15) is 4.79 Å². The van der Waals surface area contributed by atoms with Crippen LogP contribution in [0.2, 0.25) is 10.0 Å². The summed E-state index contributed by atoms with van der Waals surface area (Å²) in [6, 6.07) is 11.1. The van der Waals surface area contributed by atoms with Gasteiger partial charge in [0.1, 0.15) is 5.75 Å². The van der Waals surface area contributed by atoms with Gasteiger partial charge in [-0.1, -0.05) is 35.3 Å². The van der Waals surface area contributed by atoms with Crippen LogP contribution in [0.4, 0.5) is 5.69 Å². The van der Waals surface area contributed by atoms with E-state index >= 15 is 0 Å². The number of anilines is 1. The number of hydrogen-bond donors (Lipinski definition) is 2. The van der Waals surface area contributed by atoms with Crippen molar-refractivity contribution in [2.45, 2.75) is 19.9 Å². The van der Waals surface area contributed by atoms with Gasteiger partial charge in [0.15, 0.2) is 0 Å². The lowest BCUT2D eigenvalue weighted by atomic mass is 10.2. The van der Waals surface area contributed by atoms with Gasteiger partial charge in [-0.25, -0.2) is 0 Å². The summed E-state index contributed by atoms with van der Waals surface area (Å²) in [6.45, 7) is 3.14. The fourth-order valence-corrected chi connectivity index (χ4v) is 2.46. The fraction of sp³-hybridized carbons (Fsp3) is 0.278. The highest BCUT2D eigenvalue weighted by Gasteiger charge is 2.10. The SMILES string of the molecule is COc1cc(Cl)c(C)cc1NC(=O)CCNCc1ccc(Cl)cc1. The van der Waals surface area contributed by atoms with E-state index < -0.39 is 0 Å². The lowest BCUT2D eigenvalue weighted by Crippen LogP contribution is -2.21. The number of nitrogens with one attached hydrogen (secondary N) is 2. The van der Waals surface area contributed by atoms with Crippen LogP contribution in [0.3, 0.4) is 0 Å². The Balaban J connectivity index is 1.81. The van der Waals surface area contributed by atoms with E-state index in [1.54, 1.807) is 19.2 Å². The zero-order chi connectivity index (χ0) is 17.5. The van der Waals surface area contributed by atoms with Gasteiger partial charge in [0.2, 0.25) is 5.91 Å². The van der Waals surface area contributed by atoms with Gasteiger partial charge >= 0.3 is 0 Å². The Morgan fingerprint density at radius 1 is 1.17 bits per heavy atom. The highest BCUT2D eigenvalue weighted by Crippen LogP contribution is 2.30. The molecule has 0 saturated carbocycles. The molecule has 0 spiro atoms. The summed E-state index contributed by atoms with van der Waals surface area (Å²) < 4.78 is 5.25. The Bertz CT molecular complexity index is 703. The van der Waals surface area contributed by atoms with Crippen LogP contribution in [0.1, 0.15) is 17.5 Å². The number of carbonyl (C=O) groups is 1. The van der Waals surface area contributed by atoms with Gasteiger partial charge in [-0.15, -0.1) is 0 Å². The zero-order valence-electron chi connectivity index (χ0n) is 13.7. The quantitative estimate of drug-likeness (QED) is 0.712. The third kappa shape index (κ3) is 5.41. The molecule has 2 rings (SSSR count). The van der Waals surface area contributed by atoms with Crippen LogP contribution in [0.5, 0.6) is 5.75 Å². The molecular weight excluding hydrogens is 347 g/mol. The van der Waals surface area contributed by atoms with Crippen molar-refractivity contribution in [3.05, 3.63) is 57.6 Å². The number of hydrogen-bond acceptors (Lipinski definition) is 3. The van der Waals surface area contributed by atoms with Crippen LogP contribution in [0.15, 0.2) is 36.4 Å². The summed E-state index contributed by atoms with van der Waals surface area (Å²) in [5, 5.41) is 7.41. The highest BCUT2D eigenvalue weighted by molar-refractivity contribution is 6.31. The molecule has 0 fully saturated rings. The maximum absolute atomic E-state index is 12.1.